The van der Waals surface area contributed by atoms with Crippen molar-refractivity contribution in [3.8, 4) is 5.95 Å². The number of imidazole rings is 2. The number of aliphatic hydroxyl groups is 1. The number of nitrogens with zero attached hydrogens (tertiary/aromatic N) is 5. The molecule has 1 saturated carbocycles. The van der Waals surface area contributed by atoms with Crippen LogP contribution < -0.4 is 5.69 Å². The largest absolute Gasteiger partial charge is 0.396 e. The fourth-order valence-electron chi connectivity index (χ4n) is 4.09. The molecule has 0 bridgehead atoms. The van der Waals surface area contributed by atoms with Gasteiger partial charge in [-0.1, -0.05) is 0 Å². The molecule has 9 heteroatoms. The number of hydrogen-bond acceptors (Lipinski definition) is 5. The van der Waals surface area contributed by atoms with E-state index in [9.17, 15) is 14.3 Å². The Kier molecular flexibility index (Phi) is 3.97. The molecule has 3 aromatic heterocycles. The number of hydrogen-bond donors (Lipinski definition) is 2. The lowest BCUT2D eigenvalue weighted by Crippen LogP contribution is -2.27. The molecule has 0 saturated heterocycles. The van der Waals surface area contributed by atoms with Gasteiger partial charge in [-0.25, -0.2) is 19.2 Å². The van der Waals surface area contributed by atoms with Crippen molar-refractivity contribution in [3.05, 3.63) is 47.0 Å². The lowest BCUT2D eigenvalue weighted by atomic mass is 9.86. The second-order valence-electron chi connectivity index (χ2n) is 7.31. The summed E-state index contributed by atoms with van der Waals surface area (Å²) in [6, 6.07) is 4.38. The predicted octanol–water partition coefficient (Wildman–Crippen LogP) is 2.32. The predicted molar refractivity (Wildman–Crippen MR) is 101 cm³/mol. The van der Waals surface area contributed by atoms with Crippen molar-refractivity contribution in [2.45, 2.75) is 31.7 Å². The number of benzene rings is 1. The normalized spacial score (nSPS) is 20.2. The van der Waals surface area contributed by atoms with Gasteiger partial charge in [0.2, 0.25) is 5.95 Å². The van der Waals surface area contributed by atoms with E-state index in [0.717, 1.165) is 25.7 Å². The van der Waals surface area contributed by atoms with E-state index in [0.29, 0.717) is 34.1 Å². The minimum absolute atomic E-state index is 0.0313. The maximum Gasteiger partial charge on any atom is 0.327 e. The first-order valence-electron chi connectivity index (χ1n) is 9.35. The molecule has 28 heavy (non-hydrogen) atoms. The van der Waals surface area contributed by atoms with Gasteiger partial charge in [-0.3, -0.25) is 9.13 Å². The first-order chi connectivity index (χ1) is 13.6. The first-order valence-corrected chi connectivity index (χ1v) is 9.35. The van der Waals surface area contributed by atoms with E-state index in [-0.39, 0.29) is 24.2 Å². The van der Waals surface area contributed by atoms with E-state index >= 15 is 0 Å². The van der Waals surface area contributed by atoms with Crippen molar-refractivity contribution in [1.29, 1.82) is 0 Å². The molecule has 2 N–H and O–H groups in total. The Morgan fingerprint density at radius 1 is 1.21 bits per heavy atom. The van der Waals surface area contributed by atoms with Crippen LogP contribution >= 0.6 is 0 Å². The highest BCUT2D eigenvalue weighted by molar-refractivity contribution is 5.77. The van der Waals surface area contributed by atoms with Crippen molar-refractivity contribution in [2.24, 2.45) is 5.92 Å². The van der Waals surface area contributed by atoms with Crippen LogP contribution in [-0.2, 0) is 0 Å². The summed E-state index contributed by atoms with van der Waals surface area (Å²) in [6.07, 6.45) is 6.51. The van der Waals surface area contributed by atoms with Gasteiger partial charge < -0.3 is 10.1 Å². The first kappa shape index (κ1) is 17.1. The number of fused-ring (bicyclic) bond motifs is 2. The zero-order chi connectivity index (χ0) is 19.3. The van der Waals surface area contributed by atoms with Crippen LogP contribution in [0.2, 0.25) is 0 Å². The number of rotatable bonds is 3. The minimum atomic E-state index is -0.366. The van der Waals surface area contributed by atoms with Crippen LogP contribution in [0.15, 0.2) is 35.5 Å². The molecule has 0 amide bonds. The molecular weight excluding hydrogens is 363 g/mol. The van der Waals surface area contributed by atoms with Gasteiger partial charge in [-0.2, -0.15) is 4.98 Å². The highest BCUT2D eigenvalue weighted by Gasteiger charge is 2.25. The third kappa shape index (κ3) is 2.70. The summed E-state index contributed by atoms with van der Waals surface area (Å²) in [5.41, 5.74) is 2.08. The Hall–Kier alpha value is -3.07. The molecule has 0 aliphatic heterocycles. The molecular formula is C19H19FN6O2. The van der Waals surface area contributed by atoms with E-state index < -0.39 is 0 Å². The maximum absolute atomic E-state index is 13.7. The van der Waals surface area contributed by atoms with Crippen LogP contribution in [0, 0.1) is 11.7 Å². The van der Waals surface area contributed by atoms with Gasteiger partial charge in [0.25, 0.3) is 0 Å². The van der Waals surface area contributed by atoms with E-state index in [1.807, 2.05) is 0 Å². The van der Waals surface area contributed by atoms with Gasteiger partial charge in [0.1, 0.15) is 17.7 Å². The highest BCUT2D eigenvalue weighted by Crippen LogP contribution is 2.32. The number of halogens is 1. The fraction of sp³-hybridized carbons (Fsp3) is 0.368. The van der Waals surface area contributed by atoms with Crippen LogP contribution in [0.25, 0.3) is 28.1 Å². The molecule has 144 valence electrons. The van der Waals surface area contributed by atoms with Crippen LogP contribution in [0.1, 0.15) is 31.7 Å². The van der Waals surface area contributed by atoms with Crippen molar-refractivity contribution in [2.75, 3.05) is 6.61 Å². The smallest absolute Gasteiger partial charge is 0.327 e. The molecule has 0 unspecified atom stereocenters. The summed E-state index contributed by atoms with van der Waals surface area (Å²) >= 11 is 0. The lowest BCUT2D eigenvalue weighted by molar-refractivity contribution is 0.169. The van der Waals surface area contributed by atoms with Gasteiger partial charge in [-0.05, 0) is 43.7 Å². The summed E-state index contributed by atoms with van der Waals surface area (Å²) in [5.74, 6) is 0.265. The standard InChI is InChI=1S/C19H19FN6O2/c20-12-3-6-14-16(7-12)25(10-22-14)18-21-8-15-17(24-18)26(19(28)23-15)13-4-1-11(9-27)2-5-13/h3,6-8,10-11,13,27H,1-2,4-5,9H2,(H,23,28). The summed E-state index contributed by atoms with van der Waals surface area (Å²) in [6.45, 7) is 0.187. The fourth-order valence-corrected chi connectivity index (χ4v) is 4.09. The Balaban J connectivity index is 1.61. The van der Waals surface area contributed by atoms with Crippen molar-refractivity contribution in [1.82, 2.24) is 29.1 Å². The second kappa shape index (κ2) is 6.52. The number of aromatic amines is 1. The van der Waals surface area contributed by atoms with Crippen molar-refractivity contribution < 1.29 is 9.50 Å². The Bertz CT molecular complexity index is 1220. The highest BCUT2D eigenvalue weighted by atomic mass is 19.1. The van der Waals surface area contributed by atoms with E-state index in [1.54, 1.807) is 27.7 Å². The Morgan fingerprint density at radius 3 is 2.82 bits per heavy atom. The molecule has 1 aromatic carbocycles. The number of nitrogens with one attached hydrogen (secondary N) is 1. The zero-order valence-corrected chi connectivity index (χ0v) is 15.0. The van der Waals surface area contributed by atoms with Gasteiger partial charge in [0.15, 0.2) is 5.65 Å². The molecule has 0 spiro atoms. The third-order valence-electron chi connectivity index (χ3n) is 5.61. The van der Waals surface area contributed by atoms with E-state index in [1.165, 1.54) is 12.1 Å². The number of aromatic nitrogens is 6. The van der Waals surface area contributed by atoms with Gasteiger partial charge >= 0.3 is 5.69 Å². The average molecular weight is 382 g/mol. The quantitative estimate of drug-likeness (QED) is 0.566. The second-order valence-corrected chi connectivity index (χ2v) is 7.31. The zero-order valence-electron chi connectivity index (χ0n) is 15.0. The Labute approximate surface area is 158 Å². The Morgan fingerprint density at radius 2 is 2.04 bits per heavy atom. The monoisotopic (exact) mass is 382 g/mol. The molecule has 0 radical (unpaired) electrons. The van der Waals surface area contributed by atoms with Crippen molar-refractivity contribution in [3.63, 3.8) is 0 Å². The molecule has 3 heterocycles. The summed E-state index contributed by atoms with van der Waals surface area (Å²) in [4.78, 5) is 28.6. The van der Waals surface area contributed by atoms with E-state index in [4.69, 9.17) is 0 Å². The molecule has 0 atom stereocenters. The molecule has 1 aliphatic carbocycles. The van der Waals surface area contributed by atoms with Crippen LogP contribution in [-0.4, -0.2) is 40.8 Å². The summed E-state index contributed by atoms with van der Waals surface area (Å²) in [5, 5.41) is 9.35. The molecule has 4 aromatic rings. The SMILES string of the molecule is O=c1[nH]c2cnc(-n3cnc4ccc(F)cc43)nc2n1C1CCC(CO)CC1. The van der Waals surface area contributed by atoms with Gasteiger partial charge in [-0.15, -0.1) is 0 Å². The van der Waals surface area contributed by atoms with Crippen LogP contribution in [0.3, 0.4) is 0 Å². The van der Waals surface area contributed by atoms with Gasteiger partial charge in [0.05, 0.1) is 17.2 Å². The van der Waals surface area contributed by atoms with Gasteiger partial charge in [0, 0.05) is 18.7 Å². The molecule has 8 nitrogen and oxygen atoms in total. The molecule has 1 fully saturated rings. The summed E-state index contributed by atoms with van der Waals surface area (Å²) in [7, 11) is 0. The third-order valence-corrected chi connectivity index (χ3v) is 5.61. The van der Waals surface area contributed by atoms with E-state index in [2.05, 4.69) is 19.9 Å². The van der Waals surface area contributed by atoms with Crippen LogP contribution in [0.4, 0.5) is 4.39 Å². The van der Waals surface area contributed by atoms with Crippen LogP contribution in [0.5, 0.6) is 0 Å². The average Bonchev–Trinajstić information content (AvgIpc) is 3.27. The number of aliphatic hydroxyl groups excluding tert-OH is 1. The minimum Gasteiger partial charge on any atom is -0.396 e. The van der Waals surface area contributed by atoms with Crippen molar-refractivity contribution >= 4 is 22.2 Å². The molecule has 5 rings (SSSR count). The molecule has 1 aliphatic rings. The number of H-pyrrole nitrogens is 1. The topological polar surface area (TPSA) is 102 Å². The maximum atomic E-state index is 13.7. The lowest BCUT2D eigenvalue weighted by Gasteiger charge is -2.27. The summed E-state index contributed by atoms with van der Waals surface area (Å²) < 4.78 is 17.0.